The number of fused-ring (bicyclic) bond motifs is 2. The Balaban J connectivity index is 1.68. The molecule has 1 N–H and O–H groups in total. The average molecular weight is 370 g/mol. The predicted octanol–water partition coefficient (Wildman–Crippen LogP) is 5.77. The fraction of sp³-hybridized carbons (Fsp3) is 0.158. The summed E-state index contributed by atoms with van der Waals surface area (Å²) in [5.74, 6) is -0.537. The zero-order valence-corrected chi connectivity index (χ0v) is 15.4. The largest absolute Gasteiger partial charge is 0.297 e. The first kappa shape index (κ1) is 16.2. The van der Waals surface area contributed by atoms with Gasteiger partial charge in [0.2, 0.25) is 0 Å². The minimum absolute atomic E-state index is 0.243. The second kappa shape index (κ2) is 6.20. The molecule has 0 unspecified atom stereocenters. The summed E-state index contributed by atoms with van der Waals surface area (Å²) in [4.78, 5) is 17.7. The van der Waals surface area contributed by atoms with Crippen LogP contribution in [0.15, 0.2) is 36.4 Å². The van der Waals surface area contributed by atoms with Gasteiger partial charge < -0.3 is 0 Å². The maximum absolute atomic E-state index is 14.0. The lowest BCUT2D eigenvalue weighted by Crippen LogP contribution is -2.11. The van der Waals surface area contributed by atoms with Gasteiger partial charge in [-0.2, -0.15) is 0 Å². The maximum Gasteiger partial charge on any atom is 0.267 e. The number of hydrogen-bond acceptors (Lipinski definition) is 4. The van der Waals surface area contributed by atoms with E-state index in [1.54, 1.807) is 13.0 Å². The Morgan fingerprint density at radius 1 is 1.20 bits per heavy atom. The molecule has 0 fully saturated rings. The Morgan fingerprint density at radius 2 is 2.04 bits per heavy atom. The van der Waals surface area contributed by atoms with E-state index >= 15 is 0 Å². The summed E-state index contributed by atoms with van der Waals surface area (Å²) in [7, 11) is 0. The van der Waals surface area contributed by atoms with Gasteiger partial charge in [0.05, 0.1) is 15.1 Å². The molecular weight excluding hydrogens is 355 g/mol. The second-order valence-corrected chi connectivity index (χ2v) is 7.88. The Labute approximate surface area is 152 Å². The molecule has 2 aromatic heterocycles. The molecule has 0 bridgehead atoms. The minimum Gasteiger partial charge on any atom is -0.297 e. The van der Waals surface area contributed by atoms with Crippen molar-refractivity contribution in [2.75, 3.05) is 5.32 Å². The summed E-state index contributed by atoms with van der Waals surface area (Å²) in [5, 5.41) is 3.95. The quantitative estimate of drug-likeness (QED) is 0.497. The van der Waals surface area contributed by atoms with Gasteiger partial charge in [0, 0.05) is 10.1 Å². The number of nitrogens with zero attached hydrogens (tertiary/aromatic N) is 1. The maximum atomic E-state index is 14.0. The van der Waals surface area contributed by atoms with Crippen LogP contribution < -0.4 is 5.32 Å². The number of amides is 1. The molecule has 0 aliphatic heterocycles. The number of aryl methyl sites for hydroxylation is 2. The number of nitrogens with one attached hydrogen (secondary N) is 1. The lowest BCUT2D eigenvalue weighted by molar-refractivity contribution is 0.103. The van der Waals surface area contributed by atoms with Crippen LogP contribution in [0.3, 0.4) is 0 Å². The molecule has 25 heavy (non-hydrogen) atoms. The van der Waals surface area contributed by atoms with E-state index in [-0.39, 0.29) is 11.7 Å². The van der Waals surface area contributed by atoms with Crippen LogP contribution in [-0.2, 0) is 6.42 Å². The van der Waals surface area contributed by atoms with Crippen molar-refractivity contribution < 1.29 is 9.18 Å². The Kier molecular flexibility index (Phi) is 4.01. The summed E-state index contributed by atoms with van der Waals surface area (Å²) in [6, 6.07) is 11.0. The van der Waals surface area contributed by atoms with Crippen LogP contribution in [0.1, 0.15) is 27.7 Å². The summed E-state index contributed by atoms with van der Waals surface area (Å²) in [6.45, 7) is 3.89. The minimum atomic E-state index is -0.294. The molecule has 1 amide bonds. The molecular formula is C19H15FN2OS2. The molecule has 0 atom stereocenters. The smallest absolute Gasteiger partial charge is 0.267 e. The number of thiazole rings is 1. The van der Waals surface area contributed by atoms with Crippen LogP contribution >= 0.6 is 22.7 Å². The number of benzene rings is 2. The van der Waals surface area contributed by atoms with Gasteiger partial charge in [-0.05, 0) is 48.7 Å². The van der Waals surface area contributed by atoms with E-state index in [9.17, 15) is 9.18 Å². The number of anilines is 1. The molecule has 0 aliphatic carbocycles. The fourth-order valence-electron chi connectivity index (χ4n) is 2.87. The van der Waals surface area contributed by atoms with E-state index in [1.807, 2.05) is 18.2 Å². The molecule has 0 aliphatic rings. The molecule has 0 radical (unpaired) electrons. The van der Waals surface area contributed by atoms with E-state index < -0.39 is 0 Å². The Hall–Kier alpha value is -2.31. The average Bonchev–Trinajstić information content (AvgIpc) is 3.15. The second-order valence-electron chi connectivity index (χ2n) is 5.80. The van der Waals surface area contributed by atoms with E-state index in [0.29, 0.717) is 21.0 Å². The molecule has 4 rings (SSSR count). The lowest BCUT2D eigenvalue weighted by atomic mass is 10.1. The SMILES string of the molecule is CCc1ccc2nc(NC(=O)c3sc4cccc(F)c4c3C)sc2c1. The first-order chi connectivity index (χ1) is 12.1. The highest BCUT2D eigenvalue weighted by molar-refractivity contribution is 7.23. The van der Waals surface area contributed by atoms with Crippen LogP contribution in [0, 0.1) is 12.7 Å². The van der Waals surface area contributed by atoms with E-state index in [0.717, 1.165) is 21.3 Å². The molecule has 6 heteroatoms. The van der Waals surface area contributed by atoms with Crippen LogP contribution in [0.2, 0.25) is 0 Å². The highest BCUT2D eigenvalue weighted by Gasteiger charge is 2.19. The van der Waals surface area contributed by atoms with Crippen molar-refractivity contribution in [1.29, 1.82) is 0 Å². The van der Waals surface area contributed by atoms with Crippen molar-refractivity contribution >= 4 is 54.0 Å². The van der Waals surface area contributed by atoms with Gasteiger partial charge in [-0.1, -0.05) is 30.4 Å². The van der Waals surface area contributed by atoms with Crippen molar-refractivity contribution in [2.24, 2.45) is 0 Å². The number of rotatable bonds is 3. The lowest BCUT2D eigenvalue weighted by Gasteiger charge is -2.00. The van der Waals surface area contributed by atoms with Gasteiger partial charge in [-0.3, -0.25) is 10.1 Å². The van der Waals surface area contributed by atoms with Crippen molar-refractivity contribution in [3.05, 3.63) is 58.2 Å². The Morgan fingerprint density at radius 3 is 2.80 bits per heavy atom. The first-order valence-corrected chi connectivity index (χ1v) is 9.58. The third-order valence-corrected chi connectivity index (χ3v) is 6.38. The molecule has 3 nitrogen and oxygen atoms in total. The first-order valence-electron chi connectivity index (χ1n) is 7.95. The number of aromatic nitrogens is 1. The standard InChI is InChI=1S/C19H15FN2OS2/c1-3-11-7-8-13-15(9-11)25-19(21-13)22-18(23)17-10(2)16-12(20)5-4-6-14(16)24-17/h4-9H,3H2,1-2H3,(H,21,22,23). The van der Waals surface area contributed by atoms with Crippen molar-refractivity contribution in [3.8, 4) is 0 Å². The molecule has 0 saturated heterocycles. The van der Waals surface area contributed by atoms with Crippen molar-refractivity contribution in [1.82, 2.24) is 4.98 Å². The molecule has 2 heterocycles. The van der Waals surface area contributed by atoms with E-state index in [4.69, 9.17) is 0 Å². The van der Waals surface area contributed by atoms with Crippen LogP contribution in [0.4, 0.5) is 9.52 Å². The predicted molar refractivity (Wildman–Crippen MR) is 103 cm³/mol. The molecule has 126 valence electrons. The van der Waals surface area contributed by atoms with Crippen LogP contribution in [-0.4, -0.2) is 10.9 Å². The highest BCUT2D eigenvalue weighted by Crippen LogP contribution is 2.34. The Bertz CT molecular complexity index is 1110. The van der Waals surface area contributed by atoms with Gasteiger partial charge in [-0.15, -0.1) is 11.3 Å². The summed E-state index contributed by atoms with van der Waals surface area (Å²) in [5.41, 5.74) is 2.78. The monoisotopic (exact) mass is 370 g/mol. The van der Waals surface area contributed by atoms with E-state index in [2.05, 4.69) is 23.3 Å². The van der Waals surface area contributed by atoms with Gasteiger partial charge in [0.15, 0.2) is 5.13 Å². The summed E-state index contributed by atoms with van der Waals surface area (Å²) < 4.78 is 15.9. The normalized spacial score (nSPS) is 11.3. The van der Waals surface area contributed by atoms with Crippen molar-refractivity contribution in [3.63, 3.8) is 0 Å². The van der Waals surface area contributed by atoms with Crippen molar-refractivity contribution in [2.45, 2.75) is 20.3 Å². The number of hydrogen-bond donors (Lipinski definition) is 1. The summed E-state index contributed by atoms with van der Waals surface area (Å²) in [6.07, 6.45) is 0.960. The number of thiophene rings is 1. The third-order valence-electron chi connectivity index (χ3n) is 4.19. The summed E-state index contributed by atoms with van der Waals surface area (Å²) >= 11 is 2.76. The van der Waals surface area contributed by atoms with Gasteiger partial charge in [0.25, 0.3) is 5.91 Å². The molecule has 2 aromatic carbocycles. The van der Waals surface area contributed by atoms with Gasteiger partial charge in [0.1, 0.15) is 5.82 Å². The number of halogens is 1. The number of carbonyl (C=O) groups is 1. The number of carbonyl (C=O) groups excluding carboxylic acids is 1. The highest BCUT2D eigenvalue weighted by atomic mass is 32.1. The van der Waals surface area contributed by atoms with Gasteiger partial charge in [-0.25, -0.2) is 9.37 Å². The fourth-order valence-corrected chi connectivity index (χ4v) is 4.91. The van der Waals surface area contributed by atoms with Gasteiger partial charge >= 0.3 is 0 Å². The molecule has 4 aromatic rings. The van der Waals surface area contributed by atoms with E-state index in [1.165, 1.54) is 34.3 Å². The molecule has 0 saturated carbocycles. The van der Waals surface area contributed by atoms with Crippen LogP contribution in [0.25, 0.3) is 20.3 Å². The third kappa shape index (κ3) is 2.81. The topological polar surface area (TPSA) is 42.0 Å². The zero-order valence-electron chi connectivity index (χ0n) is 13.7. The zero-order chi connectivity index (χ0) is 17.6. The molecule has 0 spiro atoms. The van der Waals surface area contributed by atoms with Crippen LogP contribution in [0.5, 0.6) is 0 Å².